The summed E-state index contributed by atoms with van der Waals surface area (Å²) in [6, 6.07) is 0. The molecule has 0 amide bonds. The van der Waals surface area contributed by atoms with Gasteiger partial charge in [-0.2, -0.15) is 0 Å². The maximum absolute atomic E-state index is 11.8. The number of ether oxygens (including phenoxy) is 1. The Morgan fingerprint density at radius 1 is 1.44 bits per heavy atom. The van der Waals surface area contributed by atoms with Crippen molar-refractivity contribution in [3.05, 3.63) is 12.2 Å². The van der Waals surface area contributed by atoms with Gasteiger partial charge >= 0.3 is 0 Å². The van der Waals surface area contributed by atoms with Crippen LogP contribution in [0.15, 0.2) is 12.2 Å². The predicted octanol–water partition coefficient (Wildman–Crippen LogP) is 0.498. The van der Waals surface area contributed by atoms with Gasteiger partial charge in [0.25, 0.3) is 0 Å². The molecule has 0 bridgehead atoms. The van der Waals surface area contributed by atoms with Crippen LogP contribution in [-0.4, -0.2) is 47.0 Å². The molecule has 1 heterocycles. The van der Waals surface area contributed by atoms with E-state index < -0.39 is 10.0 Å². The van der Waals surface area contributed by atoms with E-state index in [-0.39, 0.29) is 11.7 Å². The van der Waals surface area contributed by atoms with Gasteiger partial charge in [0.15, 0.2) is 0 Å². The quantitative estimate of drug-likeness (QED) is 0.500. The summed E-state index contributed by atoms with van der Waals surface area (Å²) in [4.78, 5) is 0. The van der Waals surface area contributed by atoms with Crippen LogP contribution in [0, 0.1) is 5.92 Å². The van der Waals surface area contributed by atoms with Gasteiger partial charge in [0.05, 0.1) is 19.0 Å². The van der Waals surface area contributed by atoms with Crippen molar-refractivity contribution in [2.45, 2.75) is 19.8 Å². The van der Waals surface area contributed by atoms with Gasteiger partial charge in [0, 0.05) is 6.54 Å². The fourth-order valence-electron chi connectivity index (χ4n) is 1.93. The van der Waals surface area contributed by atoms with Gasteiger partial charge in [-0.05, 0) is 38.8 Å². The van der Waals surface area contributed by atoms with E-state index in [0.717, 1.165) is 31.5 Å². The SMILES string of the molecule is C=C(C)COCCNS(=O)(=O)CC1CCNCC1. The van der Waals surface area contributed by atoms with Crippen molar-refractivity contribution in [1.82, 2.24) is 10.0 Å². The number of piperidine rings is 1. The van der Waals surface area contributed by atoms with Crippen LogP contribution in [0.25, 0.3) is 0 Å². The third kappa shape index (κ3) is 7.10. The van der Waals surface area contributed by atoms with Gasteiger partial charge in [-0.25, -0.2) is 13.1 Å². The van der Waals surface area contributed by atoms with Crippen molar-refractivity contribution in [2.75, 3.05) is 38.6 Å². The molecule has 0 radical (unpaired) electrons. The van der Waals surface area contributed by atoms with Crippen molar-refractivity contribution >= 4 is 10.0 Å². The van der Waals surface area contributed by atoms with Gasteiger partial charge in [-0.1, -0.05) is 12.2 Å². The molecule has 0 unspecified atom stereocenters. The summed E-state index contributed by atoms with van der Waals surface area (Å²) in [6.45, 7) is 8.63. The molecule has 1 saturated heterocycles. The average Bonchev–Trinajstić information content (AvgIpc) is 2.28. The zero-order valence-corrected chi connectivity index (χ0v) is 11.9. The molecular weight excluding hydrogens is 252 g/mol. The molecule has 1 aliphatic heterocycles. The third-order valence-corrected chi connectivity index (χ3v) is 4.38. The number of rotatable bonds is 8. The highest BCUT2D eigenvalue weighted by Gasteiger charge is 2.20. The van der Waals surface area contributed by atoms with E-state index in [2.05, 4.69) is 16.6 Å². The maximum Gasteiger partial charge on any atom is 0.211 e. The molecule has 1 fully saturated rings. The first-order valence-electron chi connectivity index (χ1n) is 6.40. The molecule has 1 aliphatic rings. The fraction of sp³-hybridized carbons (Fsp3) is 0.833. The first-order chi connectivity index (χ1) is 8.49. The Morgan fingerprint density at radius 2 is 2.11 bits per heavy atom. The Balaban J connectivity index is 2.16. The van der Waals surface area contributed by atoms with Gasteiger partial charge in [-0.3, -0.25) is 0 Å². The van der Waals surface area contributed by atoms with E-state index in [0.29, 0.717) is 19.8 Å². The van der Waals surface area contributed by atoms with E-state index in [1.807, 2.05) is 6.92 Å². The van der Waals surface area contributed by atoms with E-state index in [1.165, 1.54) is 0 Å². The molecule has 0 aliphatic carbocycles. The van der Waals surface area contributed by atoms with Crippen molar-refractivity contribution in [1.29, 1.82) is 0 Å². The fourth-order valence-corrected chi connectivity index (χ4v) is 3.40. The maximum atomic E-state index is 11.8. The molecule has 0 aromatic rings. The summed E-state index contributed by atoms with van der Waals surface area (Å²) in [5.41, 5.74) is 0.938. The number of sulfonamides is 1. The second kappa shape index (κ2) is 7.89. The van der Waals surface area contributed by atoms with Crippen LogP contribution in [0.2, 0.25) is 0 Å². The summed E-state index contributed by atoms with van der Waals surface area (Å²) in [7, 11) is -3.16. The van der Waals surface area contributed by atoms with Crippen molar-refractivity contribution in [3.63, 3.8) is 0 Å². The van der Waals surface area contributed by atoms with Crippen LogP contribution in [0.5, 0.6) is 0 Å². The molecule has 0 aromatic heterocycles. The first-order valence-corrected chi connectivity index (χ1v) is 8.05. The van der Waals surface area contributed by atoms with Crippen LogP contribution >= 0.6 is 0 Å². The zero-order valence-electron chi connectivity index (χ0n) is 11.1. The van der Waals surface area contributed by atoms with Crippen molar-refractivity contribution in [2.24, 2.45) is 5.92 Å². The summed E-state index contributed by atoms with van der Waals surface area (Å²) < 4.78 is 31.4. The Labute approximate surface area is 110 Å². The lowest BCUT2D eigenvalue weighted by atomic mass is 10.0. The third-order valence-electron chi connectivity index (χ3n) is 2.83. The molecule has 0 saturated carbocycles. The lowest BCUT2D eigenvalue weighted by Crippen LogP contribution is -2.36. The highest BCUT2D eigenvalue weighted by molar-refractivity contribution is 7.89. The second-order valence-electron chi connectivity index (χ2n) is 4.88. The first kappa shape index (κ1) is 15.6. The number of nitrogens with one attached hydrogen (secondary N) is 2. The Morgan fingerprint density at radius 3 is 2.72 bits per heavy atom. The smallest absolute Gasteiger partial charge is 0.211 e. The van der Waals surface area contributed by atoms with Crippen molar-refractivity contribution in [3.8, 4) is 0 Å². The summed E-state index contributed by atoms with van der Waals surface area (Å²) >= 11 is 0. The van der Waals surface area contributed by atoms with E-state index >= 15 is 0 Å². The van der Waals surface area contributed by atoms with Crippen LogP contribution in [-0.2, 0) is 14.8 Å². The zero-order chi connectivity index (χ0) is 13.4. The number of hydrogen-bond donors (Lipinski definition) is 2. The highest BCUT2D eigenvalue weighted by atomic mass is 32.2. The summed E-state index contributed by atoms with van der Waals surface area (Å²) in [5, 5.41) is 3.23. The molecule has 2 N–H and O–H groups in total. The minimum Gasteiger partial charge on any atom is -0.376 e. The average molecular weight is 276 g/mol. The monoisotopic (exact) mass is 276 g/mol. The lowest BCUT2D eigenvalue weighted by molar-refractivity contribution is 0.162. The summed E-state index contributed by atoms with van der Waals surface area (Å²) in [6.07, 6.45) is 1.88. The second-order valence-corrected chi connectivity index (χ2v) is 6.73. The van der Waals surface area contributed by atoms with Crippen LogP contribution < -0.4 is 10.0 Å². The van der Waals surface area contributed by atoms with E-state index in [9.17, 15) is 8.42 Å². The van der Waals surface area contributed by atoms with Crippen molar-refractivity contribution < 1.29 is 13.2 Å². The standard InChI is InChI=1S/C12H24N2O3S/c1-11(2)9-17-8-7-14-18(15,16)10-12-3-5-13-6-4-12/h12-14H,1,3-10H2,2H3. The van der Waals surface area contributed by atoms with Gasteiger partial charge in [0.2, 0.25) is 10.0 Å². The molecular formula is C12H24N2O3S. The molecule has 106 valence electrons. The van der Waals surface area contributed by atoms with Crippen LogP contribution in [0.1, 0.15) is 19.8 Å². The lowest BCUT2D eigenvalue weighted by Gasteiger charge is -2.22. The summed E-state index contributed by atoms with van der Waals surface area (Å²) in [5.74, 6) is 0.509. The predicted molar refractivity (Wildman–Crippen MR) is 73.0 cm³/mol. The Bertz CT molecular complexity index is 348. The largest absolute Gasteiger partial charge is 0.376 e. The highest BCUT2D eigenvalue weighted by Crippen LogP contribution is 2.13. The van der Waals surface area contributed by atoms with E-state index in [1.54, 1.807) is 0 Å². The molecule has 0 spiro atoms. The normalized spacial score (nSPS) is 17.8. The van der Waals surface area contributed by atoms with E-state index in [4.69, 9.17) is 4.74 Å². The molecule has 1 rings (SSSR count). The van der Waals surface area contributed by atoms with Gasteiger partial charge in [-0.15, -0.1) is 0 Å². The molecule has 5 nitrogen and oxygen atoms in total. The molecule has 0 atom stereocenters. The minimum absolute atomic E-state index is 0.231. The Hall–Kier alpha value is -0.430. The van der Waals surface area contributed by atoms with Crippen LogP contribution in [0.4, 0.5) is 0 Å². The van der Waals surface area contributed by atoms with Crippen LogP contribution in [0.3, 0.4) is 0 Å². The topological polar surface area (TPSA) is 67.4 Å². The number of hydrogen-bond acceptors (Lipinski definition) is 4. The molecule has 6 heteroatoms. The molecule has 0 aromatic carbocycles. The van der Waals surface area contributed by atoms with Gasteiger partial charge < -0.3 is 10.1 Å². The van der Waals surface area contributed by atoms with Gasteiger partial charge in [0.1, 0.15) is 0 Å². The Kier molecular flexibility index (Phi) is 6.85. The molecule has 18 heavy (non-hydrogen) atoms. The minimum atomic E-state index is -3.16.